The van der Waals surface area contributed by atoms with E-state index in [-0.39, 0.29) is 22.9 Å². The number of rotatable bonds is 5. The summed E-state index contributed by atoms with van der Waals surface area (Å²) < 4.78 is 15.9. The summed E-state index contributed by atoms with van der Waals surface area (Å²) in [6.45, 7) is 3.95. The van der Waals surface area contributed by atoms with Crippen molar-refractivity contribution < 1.29 is 19.0 Å². The number of nitrogen functional groups attached to an aromatic ring is 1. The Bertz CT molecular complexity index is 486. The summed E-state index contributed by atoms with van der Waals surface area (Å²) in [5.41, 5.74) is 6.34. The van der Waals surface area contributed by atoms with Crippen molar-refractivity contribution in [1.82, 2.24) is 0 Å². The number of hydrogen-bond donors (Lipinski definition) is 1. The molecular formula is C14H18ClNO4. The van der Waals surface area contributed by atoms with Crippen LogP contribution in [0.1, 0.15) is 23.7 Å². The maximum atomic E-state index is 11.8. The number of anilines is 1. The Labute approximate surface area is 122 Å². The third kappa shape index (κ3) is 3.35. The Morgan fingerprint density at radius 3 is 3.00 bits per heavy atom. The van der Waals surface area contributed by atoms with E-state index in [1.165, 1.54) is 0 Å². The normalized spacial score (nSPS) is 18.0. The van der Waals surface area contributed by atoms with Gasteiger partial charge < -0.3 is 19.9 Å². The van der Waals surface area contributed by atoms with Crippen LogP contribution < -0.4 is 10.5 Å². The van der Waals surface area contributed by atoms with Crippen molar-refractivity contribution in [3.63, 3.8) is 0 Å². The van der Waals surface area contributed by atoms with Crippen molar-refractivity contribution >= 4 is 23.3 Å². The highest BCUT2D eigenvalue weighted by atomic mass is 35.5. The summed E-state index contributed by atoms with van der Waals surface area (Å²) in [5.74, 6) is 0.269. The SMILES string of the molecule is CCOC(=O)c1c(Cl)ccc(OCC2CCOC2)c1N. The molecule has 6 heteroatoms. The average molecular weight is 300 g/mol. The van der Waals surface area contributed by atoms with Crippen LogP contribution >= 0.6 is 11.6 Å². The smallest absolute Gasteiger partial charge is 0.341 e. The molecule has 2 N–H and O–H groups in total. The Morgan fingerprint density at radius 1 is 1.55 bits per heavy atom. The van der Waals surface area contributed by atoms with E-state index in [0.29, 0.717) is 24.9 Å². The number of ether oxygens (including phenoxy) is 3. The lowest BCUT2D eigenvalue weighted by molar-refractivity contribution is 0.0527. The molecule has 20 heavy (non-hydrogen) atoms. The first-order chi connectivity index (χ1) is 9.63. The van der Waals surface area contributed by atoms with Crippen LogP contribution in [0.3, 0.4) is 0 Å². The number of esters is 1. The summed E-state index contributed by atoms with van der Waals surface area (Å²) in [4.78, 5) is 11.8. The summed E-state index contributed by atoms with van der Waals surface area (Å²) in [6.07, 6.45) is 0.970. The van der Waals surface area contributed by atoms with E-state index in [0.717, 1.165) is 13.0 Å². The van der Waals surface area contributed by atoms with Crippen molar-refractivity contribution in [1.29, 1.82) is 0 Å². The first-order valence-corrected chi connectivity index (χ1v) is 6.97. The molecule has 0 aliphatic carbocycles. The second-order valence-electron chi connectivity index (χ2n) is 4.60. The second kappa shape index (κ2) is 6.81. The fraction of sp³-hybridized carbons (Fsp3) is 0.500. The van der Waals surface area contributed by atoms with Crippen molar-refractivity contribution in [2.45, 2.75) is 13.3 Å². The number of carbonyl (C=O) groups excluding carboxylic acids is 1. The van der Waals surface area contributed by atoms with Crippen molar-refractivity contribution in [2.75, 3.05) is 32.2 Å². The zero-order valence-electron chi connectivity index (χ0n) is 11.4. The fourth-order valence-electron chi connectivity index (χ4n) is 2.03. The van der Waals surface area contributed by atoms with E-state index < -0.39 is 5.97 Å². The van der Waals surface area contributed by atoms with Crippen LogP contribution in [0.5, 0.6) is 5.75 Å². The first kappa shape index (κ1) is 14.9. The van der Waals surface area contributed by atoms with Gasteiger partial charge in [-0.1, -0.05) is 11.6 Å². The number of carbonyl (C=O) groups is 1. The van der Waals surface area contributed by atoms with Crippen LogP contribution in [0.15, 0.2) is 12.1 Å². The van der Waals surface area contributed by atoms with Gasteiger partial charge >= 0.3 is 5.97 Å². The van der Waals surface area contributed by atoms with Gasteiger partial charge in [0.2, 0.25) is 0 Å². The van der Waals surface area contributed by atoms with Gasteiger partial charge in [-0.3, -0.25) is 0 Å². The lowest BCUT2D eigenvalue weighted by Crippen LogP contribution is -2.14. The number of hydrogen-bond acceptors (Lipinski definition) is 5. The monoisotopic (exact) mass is 299 g/mol. The van der Waals surface area contributed by atoms with Gasteiger partial charge in [-0.2, -0.15) is 0 Å². The van der Waals surface area contributed by atoms with Gasteiger partial charge in [-0.05, 0) is 25.5 Å². The summed E-state index contributed by atoms with van der Waals surface area (Å²) in [7, 11) is 0. The van der Waals surface area contributed by atoms with E-state index in [1.54, 1.807) is 19.1 Å². The Balaban J connectivity index is 2.13. The van der Waals surface area contributed by atoms with Gasteiger partial charge in [0.25, 0.3) is 0 Å². The zero-order valence-corrected chi connectivity index (χ0v) is 12.1. The Morgan fingerprint density at radius 2 is 2.35 bits per heavy atom. The van der Waals surface area contributed by atoms with Crippen LogP contribution in [0.25, 0.3) is 0 Å². The molecule has 1 unspecified atom stereocenters. The van der Waals surface area contributed by atoms with Crippen LogP contribution in [-0.4, -0.2) is 32.4 Å². The molecule has 1 aromatic rings. The maximum Gasteiger partial charge on any atom is 0.341 e. The lowest BCUT2D eigenvalue weighted by atomic mass is 10.1. The third-order valence-electron chi connectivity index (χ3n) is 3.13. The molecule has 0 aromatic heterocycles. The lowest BCUT2D eigenvalue weighted by Gasteiger charge is -2.15. The summed E-state index contributed by atoms with van der Waals surface area (Å²) >= 11 is 6.00. The third-order valence-corrected chi connectivity index (χ3v) is 3.45. The molecule has 0 saturated carbocycles. The van der Waals surface area contributed by atoms with E-state index in [1.807, 2.05) is 0 Å². The second-order valence-corrected chi connectivity index (χ2v) is 5.00. The summed E-state index contributed by atoms with van der Waals surface area (Å²) in [5, 5.41) is 0.262. The highest BCUT2D eigenvalue weighted by Gasteiger charge is 2.21. The molecule has 0 bridgehead atoms. The molecule has 1 heterocycles. The molecule has 1 atom stereocenters. The largest absolute Gasteiger partial charge is 0.491 e. The average Bonchev–Trinajstić information content (AvgIpc) is 2.91. The van der Waals surface area contributed by atoms with Gasteiger partial charge in [-0.25, -0.2) is 4.79 Å². The van der Waals surface area contributed by atoms with Gasteiger partial charge in [0.05, 0.1) is 30.5 Å². The van der Waals surface area contributed by atoms with Crippen molar-refractivity contribution in [3.05, 3.63) is 22.7 Å². The Hall–Kier alpha value is -1.46. The van der Waals surface area contributed by atoms with E-state index >= 15 is 0 Å². The fourth-order valence-corrected chi connectivity index (χ4v) is 2.27. The molecule has 1 aliphatic heterocycles. The Kier molecular flexibility index (Phi) is 5.09. The molecule has 2 rings (SSSR count). The highest BCUT2D eigenvalue weighted by Crippen LogP contribution is 2.32. The van der Waals surface area contributed by atoms with Gasteiger partial charge in [0.1, 0.15) is 11.3 Å². The van der Waals surface area contributed by atoms with E-state index in [4.69, 9.17) is 31.5 Å². The standard InChI is InChI=1S/C14H18ClNO4/c1-2-19-14(17)12-10(15)3-4-11(13(12)16)20-8-9-5-6-18-7-9/h3-4,9H,2,5-8,16H2,1H3. The summed E-state index contributed by atoms with van der Waals surface area (Å²) in [6, 6.07) is 3.25. The van der Waals surface area contributed by atoms with Crippen LogP contribution in [0, 0.1) is 5.92 Å². The molecule has 0 radical (unpaired) electrons. The van der Waals surface area contributed by atoms with Gasteiger partial charge in [-0.15, -0.1) is 0 Å². The molecule has 110 valence electrons. The van der Waals surface area contributed by atoms with Crippen molar-refractivity contribution in [2.24, 2.45) is 5.92 Å². The number of benzene rings is 1. The van der Waals surface area contributed by atoms with E-state index in [2.05, 4.69) is 0 Å². The van der Waals surface area contributed by atoms with Crippen LogP contribution in [0.2, 0.25) is 5.02 Å². The molecular weight excluding hydrogens is 282 g/mol. The molecule has 1 aliphatic rings. The predicted molar refractivity (Wildman–Crippen MR) is 76.2 cm³/mol. The minimum Gasteiger partial charge on any atom is -0.491 e. The van der Waals surface area contributed by atoms with E-state index in [9.17, 15) is 4.79 Å². The zero-order chi connectivity index (χ0) is 14.5. The van der Waals surface area contributed by atoms with Crippen LogP contribution in [0.4, 0.5) is 5.69 Å². The quantitative estimate of drug-likeness (QED) is 0.668. The number of nitrogens with two attached hydrogens (primary N) is 1. The molecule has 0 amide bonds. The first-order valence-electron chi connectivity index (χ1n) is 6.59. The predicted octanol–water partition coefficient (Wildman–Crippen LogP) is 2.51. The minimum atomic E-state index is -0.537. The maximum absolute atomic E-state index is 11.8. The molecule has 1 fully saturated rings. The number of halogens is 1. The molecule has 0 spiro atoms. The minimum absolute atomic E-state index is 0.161. The topological polar surface area (TPSA) is 70.8 Å². The molecule has 1 saturated heterocycles. The molecule has 1 aromatic carbocycles. The van der Waals surface area contributed by atoms with Gasteiger partial charge in [0, 0.05) is 12.5 Å². The highest BCUT2D eigenvalue weighted by molar-refractivity contribution is 6.34. The van der Waals surface area contributed by atoms with Crippen LogP contribution in [-0.2, 0) is 9.47 Å². The van der Waals surface area contributed by atoms with Gasteiger partial charge in [0.15, 0.2) is 0 Å². The van der Waals surface area contributed by atoms with Crippen molar-refractivity contribution in [3.8, 4) is 5.75 Å². The molecule has 5 nitrogen and oxygen atoms in total.